The summed E-state index contributed by atoms with van der Waals surface area (Å²) >= 11 is 0. The minimum absolute atomic E-state index is 0.545. The van der Waals surface area contributed by atoms with Crippen molar-refractivity contribution < 1.29 is 9.47 Å². The van der Waals surface area contributed by atoms with Gasteiger partial charge in [0.1, 0.15) is 11.5 Å². The van der Waals surface area contributed by atoms with Crippen LogP contribution < -0.4 is 9.47 Å². The van der Waals surface area contributed by atoms with Gasteiger partial charge in [-0.3, -0.25) is 0 Å². The molecule has 0 bridgehead atoms. The van der Waals surface area contributed by atoms with Crippen LogP contribution in [-0.4, -0.2) is 13.2 Å². The molecule has 3 aliphatic rings. The zero-order chi connectivity index (χ0) is 23.3. The molecular weight excluding hydrogens is 416 g/mol. The van der Waals surface area contributed by atoms with Crippen LogP contribution in [0.15, 0.2) is 24.3 Å². The molecule has 0 aromatic heterocycles. The molecule has 2 atom stereocenters. The van der Waals surface area contributed by atoms with Gasteiger partial charge >= 0.3 is 0 Å². The number of hydrogen-bond donors (Lipinski definition) is 0. The number of rotatable bonds is 12. The molecule has 0 saturated heterocycles. The predicted octanol–water partition coefficient (Wildman–Crippen LogP) is 8.85. The maximum atomic E-state index is 6.39. The van der Waals surface area contributed by atoms with Crippen molar-refractivity contribution in [3.8, 4) is 11.5 Å². The highest BCUT2D eigenvalue weighted by molar-refractivity contribution is 5.63. The standard InChI is InChI=1S/C32H44O2/c1-3-5-7-9-21-33-29-19-17-25-24-14-12-16-28-30(34-22-10-8-6-4-2)20-18-26(32(24)28)23-13-11-15-27(29)31(23)25/h17-20,23-24H,3-16,21-22H2,1-2H3. The van der Waals surface area contributed by atoms with Gasteiger partial charge in [0.15, 0.2) is 0 Å². The second-order valence-electron chi connectivity index (χ2n) is 10.8. The van der Waals surface area contributed by atoms with Crippen LogP contribution in [0.5, 0.6) is 11.5 Å². The van der Waals surface area contributed by atoms with Gasteiger partial charge in [0, 0.05) is 11.8 Å². The molecule has 0 heterocycles. The Labute approximate surface area is 207 Å². The average molecular weight is 461 g/mol. The lowest BCUT2D eigenvalue weighted by Crippen LogP contribution is -2.27. The summed E-state index contributed by atoms with van der Waals surface area (Å²) in [5.74, 6) is 3.44. The molecule has 0 fully saturated rings. The van der Waals surface area contributed by atoms with E-state index in [0.29, 0.717) is 11.8 Å². The van der Waals surface area contributed by atoms with E-state index in [1.165, 1.54) is 113 Å². The largest absolute Gasteiger partial charge is 0.493 e. The molecule has 184 valence electrons. The quantitative estimate of drug-likeness (QED) is 0.294. The van der Waals surface area contributed by atoms with E-state index >= 15 is 0 Å². The minimum Gasteiger partial charge on any atom is -0.493 e. The topological polar surface area (TPSA) is 18.5 Å². The molecule has 0 spiro atoms. The number of benzene rings is 2. The smallest absolute Gasteiger partial charge is 0.122 e. The first-order valence-corrected chi connectivity index (χ1v) is 14.4. The molecule has 0 N–H and O–H groups in total. The van der Waals surface area contributed by atoms with E-state index in [9.17, 15) is 0 Å². The first-order chi connectivity index (χ1) is 16.8. The highest BCUT2D eigenvalue weighted by Crippen LogP contribution is 2.55. The van der Waals surface area contributed by atoms with E-state index < -0.39 is 0 Å². The minimum atomic E-state index is 0.545. The van der Waals surface area contributed by atoms with E-state index in [-0.39, 0.29) is 0 Å². The van der Waals surface area contributed by atoms with E-state index in [1.807, 2.05) is 0 Å². The Bertz CT molecular complexity index is 896. The summed E-state index contributed by atoms with van der Waals surface area (Å²) in [6.07, 6.45) is 17.5. The van der Waals surface area contributed by atoms with Crippen molar-refractivity contribution in [2.24, 2.45) is 0 Å². The molecule has 5 rings (SSSR count). The summed E-state index contributed by atoms with van der Waals surface area (Å²) in [5, 5.41) is 0. The zero-order valence-corrected chi connectivity index (χ0v) is 21.6. The molecule has 0 saturated carbocycles. The van der Waals surface area contributed by atoms with Crippen LogP contribution in [0.25, 0.3) is 0 Å². The summed E-state index contributed by atoms with van der Waals surface area (Å²) in [5.41, 5.74) is 9.53. The molecule has 2 nitrogen and oxygen atoms in total. The highest BCUT2D eigenvalue weighted by Gasteiger charge is 2.39. The van der Waals surface area contributed by atoms with Crippen molar-refractivity contribution in [2.45, 2.75) is 116 Å². The van der Waals surface area contributed by atoms with E-state index in [1.54, 1.807) is 22.3 Å². The van der Waals surface area contributed by atoms with Gasteiger partial charge in [-0.15, -0.1) is 0 Å². The van der Waals surface area contributed by atoms with E-state index in [0.717, 1.165) is 13.2 Å². The van der Waals surface area contributed by atoms with Crippen LogP contribution in [-0.2, 0) is 12.8 Å². The number of fused-ring (bicyclic) bond motifs is 2. The fourth-order valence-corrected chi connectivity index (χ4v) is 6.84. The van der Waals surface area contributed by atoms with Crippen molar-refractivity contribution in [1.29, 1.82) is 0 Å². The van der Waals surface area contributed by atoms with Gasteiger partial charge in [-0.25, -0.2) is 0 Å². The van der Waals surface area contributed by atoms with Crippen LogP contribution in [0.3, 0.4) is 0 Å². The molecule has 2 aromatic rings. The number of unbranched alkanes of at least 4 members (excludes halogenated alkanes) is 6. The molecule has 0 radical (unpaired) electrons. The SMILES string of the molecule is CCCCCCOc1ccc2c3c1CCCC3c1ccc(OCCCCCC)c3c1C2CCC3. The molecule has 2 unspecified atom stereocenters. The summed E-state index contributed by atoms with van der Waals surface area (Å²) in [7, 11) is 0. The van der Waals surface area contributed by atoms with Crippen LogP contribution in [0.4, 0.5) is 0 Å². The third kappa shape index (κ3) is 4.62. The second kappa shape index (κ2) is 11.2. The Kier molecular flexibility index (Phi) is 7.82. The summed E-state index contributed by atoms with van der Waals surface area (Å²) in [6, 6.07) is 9.48. The molecule has 34 heavy (non-hydrogen) atoms. The third-order valence-corrected chi connectivity index (χ3v) is 8.49. The summed E-state index contributed by atoms with van der Waals surface area (Å²) in [4.78, 5) is 0. The van der Waals surface area contributed by atoms with Crippen molar-refractivity contribution in [3.05, 3.63) is 57.6 Å². The molecule has 2 aromatic carbocycles. The second-order valence-corrected chi connectivity index (χ2v) is 10.8. The van der Waals surface area contributed by atoms with E-state index in [2.05, 4.69) is 38.1 Å². The van der Waals surface area contributed by atoms with Crippen LogP contribution in [0, 0.1) is 0 Å². The van der Waals surface area contributed by atoms with Crippen LogP contribution >= 0.6 is 0 Å². The van der Waals surface area contributed by atoms with E-state index in [4.69, 9.17) is 9.47 Å². The normalized spacial score (nSPS) is 19.9. The number of ether oxygens (including phenoxy) is 2. The molecular formula is C32H44O2. The molecule has 3 aliphatic carbocycles. The zero-order valence-electron chi connectivity index (χ0n) is 21.6. The van der Waals surface area contributed by atoms with Crippen molar-refractivity contribution in [1.82, 2.24) is 0 Å². The number of hydrogen-bond acceptors (Lipinski definition) is 2. The van der Waals surface area contributed by atoms with Gasteiger partial charge in [0.05, 0.1) is 13.2 Å². The highest BCUT2D eigenvalue weighted by atomic mass is 16.5. The van der Waals surface area contributed by atoms with Crippen molar-refractivity contribution >= 4 is 0 Å². The van der Waals surface area contributed by atoms with Gasteiger partial charge in [-0.1, -0.05) is 64.5 Å². The Hall–Kier alpha value is -1.96. The predicted molar refractivity (Wildman–Crippen MR) is 142 cm³/mol. The lowest BCUT2D eigenvalue weighted by atomic mass is 9.63. The lowest BCUT2D eigenvalue weighted by molar-refractivity contribution is 0.298. The molecule has 0 amide bonds. The van der Waals surface area contributed by atoms with Gasteiger partial charge in [0.2, 0.25) is 0 Å². The maximum Gasteiger partial charge on any atom is 0.122 e. The average Bonchev–Trinajstić information content (AvgIpc) is 2.87. The maximum absolute atomic E-state index is 6.39. The third-order valence-electron chi connectivity index (χ3n) is 8.49. The van der Waals surface area contributed by atoms with Gasteiger partial charge < -0.3 is 9.47 Å². The van der Waals surface area contributed by atoms with Crippen molar-refractivity contribution in [2.75, 3.05) is 13.2 Å². The Morgan fingerprint density at radius 3 is 1.53 bits per heavy atom. The first kappa shape index (κ1) is 23.8. The Morgan fingerprint density at radius 2 is 1.09 bits per heavy atom. The molecule has 0 aliphatic heterocycles. The lowest BCUT2D eigenvalue weighted by Gasteiger charge is -2.42. The van der Waals surface area contributed by atoms with Crippen LogP contribution in [0.1, 0.15) is 136 Å². The first-order valence-electron chi connectivity index (χ1n) is 14.4. The Balaban J connectivity index is 1.42. The van der Waals surface area contributed by atoms with Crippen molar-refractivity contribution in [3.63, 3.8) is 0 Å². The fraction of sp³-hybridized carbons (Fsp3) is 0.625. The van der Waals surface area contributed by atoms with Gasteiger partial charge in [-0.05, 0) is 96.9 Å². The molecule has 2 heteroatoms. The fourth-order valence-electron chi connectivity index (χ4n) is 6.84. The van der Waals surface area contributed by atoms with Crippen LogP contribution in [0.2, 0.25) is 0 Å². The summed E-state index contributed by atoms with van der Waals surface area (Å²) < 4.78 is 12.8. The summed E-state index contributed by atoms with van der Waals surface area (Å²) in [6.45, 7) is 6.26. The monoisotopic (exact) mass is 460 g/mol. The van der Waals surface area contributed by atoms with Gasteiger partial charge in [0.25, 0.3) is 0 Å². The van der Waals surface area contributed by atoms with Gasteiger partial charge in [-0.2, -0.15) is 0 Å². The Morgan fingerprint density at radius 1 is 0.618 bits per heavy atom.